The maximum Gasteiger partial charge on any atom is 0.218 e. The summed E-state index contributed by atoms with van der Waals surface area (Å²) in [5.74, 6) is 0.656. The number of ether oxygens (including phenoxy) is 1. The highest BCUT2D eigenvalue weighted by molar-refractivity contribution is 7.89. The van der Waals surface area contributed by atoms with Gasteiger partial charge in [-0.15, -0.1) is 0 Å². The first-order valence-corrected chi connectivity index (χ1v) is 9.44. The molecule has 7 nitrogen and oxygen atoms in total. The molecule has 0 aromatic carbocycles. The Morgan fingerprint density at radius 3 is 2.81 bits per heavy atom. The minimum Gasteiger partial charge on any atom is -0.377 e. The number of methoxy groups -OCH3 is 1. The summed E-state index contributed by atoms with van der Waals surface area (Å²) in [4.78, 5) is 6.42. The molecule has 0 bridgehead atoms. The van der Waals surface area contributed by atoms with Crippen LogP contribution in [-0.4, -0.2) is 60.6 Å². The highest BCUT2D eigenvalue weighted by atomic mass is 32.2. The average molecular weight is 332 g/mol. The van der Waals surface area contributed by atoms with E-state index in [4.69, 9.17) is 4.74 Å². The van der Waals surface area contributed by atoms with Crippen LogP contribution in [0.3, 0.4) is 0 Å². The summed E-state index contributed by atoms with van der Waals surface area (Å²) in [5, 5.41) is 0.478. The van der Waals surface area contributed by atoms with Crippen molar-refractivity contribution in [2.75, 3.05) is 38.2 Å². The van der Waals surface area contributed by atoms with Gasteiger partial charge >= 0.3 is 0 Å². The fraction of sp³-hybridized carbons (Fsp3) is 0.833. The fourth-order valence-electron chi connectivity index (χ4n) is 2.86. The van der Waals surface area contributed by atoms with Gasteiger partial charge in [-0.25, -0.2) is 17.7 Å². The van der Waals surface area contributed by atoms with E-state index in [0.717, 1.165) is 24.5 Å². The van der Waals surface area contributed by atoms with Crippen LogP contribution in [0, 0.1) is 0 Å². The third kappa shape index (κ3) is 3.05. The van der Waals surface area contributed by atoms with Crippen molar-refractivity contribution >= 4 is 26.7 Å². The monoisotopic (exact) mass is 332 g/mol. The normalized spacial score (nSPS) is 24.0. The molecule has 118 valence electrons. The van der Waals surface area contributed by atoms with Crippen molar-refractivity contribution < 1.29 is 13.2 Å². The van der Waals surface area contributed by atoms with Crippen LogP contribution in [0.5, 0.6) is 0 Å². The van der Waals surface area contributed by atoms with E-state index in [-0.39, 0.29) is 5.25 Å². The average Bonchev–Trinajstić information content (AvgIpc) is 3.20. The highest BCUT2D eigenvalue weighted by Crippen LogP contribution is 2.28. The standard InChI is InChI=1S/C12H20N4O3S2/c1-19-9-11-13-12(20-14-11)15-7-4-10(8-15)21(17,18)16-5-2-3-6-16/h10H,2-9H2,1H3. The van der Waals surface area contributed by atoms with E-state index in [1.807, 2.05) is 4.90 Å². The maximum atomic E-state index is 12.6. The van der Waals surface area contributed by atoms with Crippen molar-refractivity contribution in [2.24, 2.45) is 0 Å². The molecule has 2 aliphatic heterocycles. The van der Waals surface area contributed by atoms with Gasteiger partial charge in [0, 0.05) is 44.8 Å². The van der Waals surface area contributed by atoms with Crippen LogP contribution < -0.4 is 4.90 Å². The molecule has 2 saturated heterocycles. The lowest BCUT2D eigenvalue weighted by Crippen LogP contribution is -2.38. The molecule has 0 spiro atoms. The highest BCUT2D eigenvalue weighted by Gasteiger charge is 2.38. The number of sulfonamides is 1. The van der Waals surface area contributed by atoms with Gasteiger partial charge in [-0.1, -0.05) is 0 Å². The predicted octanol–water partition coefficient (Wildman–Crippen LogP) is 0.689. The van der Waals surface area contributed by atoms with Crippen LogP contribution in [0.2, 0.25) is 0 Å². The smallest absolute Gasteiger partial charge is 0.218 e. The first kappa shape index (κ1) is 15.1. The van der Waals surface area contributed by atoms with Crippen molar-refractivity contribution in [3.8, 4) is 0 Å². The molecule has 2 aliphatic rings. The summed E-state index contributed by atoms with van der Waals surface area (Å²) in [6, 6.07) is 0. The van der Waals surface area contributed by atoms with Crippen LogP contribution in [0.1, 0.15) is 25.1 Å². The molecule has 3 rings (SSSR count). The zero-order valence-electron chi connectivity index (χ0n) is 12.1. The number of aromatic nitrogens is 2. The number of hydrogen-bond acceptors (Lipinski definition) is 7. The van der Waals surface area contributed by atoms with Gasteiger partial charge in [-0.05, 0) is 19.3 Å². The van der Waals surface area contributed by atoms with Crippen molar-refractivity contribution in [1.29, 1.82) is 0 Å². The van der Waals surface area contributed by atoms with Gasteiger partial charge in [-0.2, -0.15) is 4.37 Å². The van der Waals surface area contributed by atoms with Crippen molar-refractivity contribution in [2.45, 2.75) is 31.1 Å². The van der Waals surface area contributed by atoms with Crippen LogP contribution in [-0.2, 0) is 21.4 Å². The van der Waals surface area contributed by atoms with E-state index in [1.54, 1.807) is 11.4 Å². The molecule has 0 radical (unpaired) electrons. The third-order valence-electron chi connectivity index (χ3n) is 3.99. The Labute approximate surface area is 129 Å². The zero-order valence-corrected chi connectivity index (χ0v) is 13.7. The van der Waals surface area contributed by atoms with Gasteiger partial charge in [0.25, 0.3) is 0 Å². The molecule has 2 fully saturated rings. The lowest BCUT2D eigenvalue weighted by Gasteiger charge is -2.20. The second-order valence-electron chi connectivity index (χ2n) is 5.43. The lowest BCUT2D eigenvalue weighted by atomic mass is 10.4. The number of rotatable bonds is 5. The second-order valence-corrected chi connectivity index (χ2v) is 8.38. The van der Waals surface area contributed by atoms with E-state index >= 15 is 0 Å². The Morgan fingerprint density at radius 2 is 2.10 bits per heavy atom. The fourth-order valence-corrected chi connectivity index (χ4v) is 5.53. The summed E-state index contributed by atoms with van der Waals surface area (Å²) < 4.78 is 36.0. The summed E-state index contributed by atoms with van der Waals surface area (Å²) in [6.07, 6.45) is 2.62. The molecular formula is C12H20N4O3S2. The number of hydrogen-bond donors (Lipinski definition) is 0. The van der Waals surface area contributed by atoms with Crippen LogP contribution in [0.4, 0.5) is 5.13 Å². The molecule has 1 aromatic rings. The molecule has 0 N–H and O–H groups in total. The van der Waals surface area contributed by atoms with Gasteiger partial charge in [0.1, 0.15) is 6.61 Å². The van der Waals surface area contributed by atoms with Crippen molar-refractivity contribution in [1.82, 2.24) is 13.7 Å². The van der Waals surface area contributed by atoms with Gasteiger partial charge in [0.2, 0.25) is 15.2 Å². The van der Waals surface area contributed by atoms with Crippen molar-refractivity contribution in [3.63, 3.8) is 0 Å². The minimum atomic E-state index is -3.16. The van der Waals surface area contributed by atoms with E-state index in [9.17, 15) is 8.42 Å². The molecule has 0 amide bonds. The molecule has 21 heavy (non-hydrogen) atoms. The SMILES string of the molecule is COCc1nsc(N2CCC(S(=O)(=O)N3CCCC3)C2)n1. The Hall–Kier alpha value is -0.770. The number of nitrogens with zero attached hydrogens (tertiary/aromatic N) is 4. The molecule has 1 aromatic heterocycles. The van der Waals surface area contributed by atoms with E-state index in [0.29, 0.717) is 38.5 Å². The molecule has 0 aliphatic carbocycles. The summed E-state index contributed by atoms with van der Waals surface area (Å²) in [5.41, 5.74) is 0. The van der Waals surface area contributed by atoms with Gasteiger partial charge in [-0.3, -0.25) is 0 Å². The second kappa shape index (κ2) is 6.15. The first-order chi connectivity index (χ1) is 10.1. The molecule has 3 heterocycles. The first-order valence-electron chi connectivity index (χ1n) is 7.16. The minimum absolute atomic E-state index is 0.314. The third-order valence-corrected chi connectivity index (χ3v) is 7.12. The largest absolute Gasteiger partial charge is 0.377 e. The van der Waals surface area contributed by atoms with Crippen molar-refractivity contribution in [3.05, 3.63) is 5.82 Å². The summed E-state index contributed by atoms with van der Waals surface area (Å²) in [6.45, 7) is 2.98. The molecule has 0 saturated carbocycles. The zero-order chi connectivity index (χ0) is 14.9. The van der Waals surface area contributed by atoms with E-state index in [1.165, 1.54) is 11.5 Å². The van der Waals surface area contributed by atoms with E-state index < -0.39 is 10.0 Å². The van der Waals surface area contributed by atoms with Crippen LogP contribution in [0.25, 0.3) is 0 Å². The molecule has 1 atom stereocenters. The molecular weight excluding hydrogens is 312 g/mol. The Balaban J connectivity index is 1.67. The molecule has 1 unspecified atom stereocenters. The molecule has 9 heteroatoms. The van der Waals surface area contributed by atoms with Gasteiger partial charge < -0.3 is 9.64 Å². The number of anilines is 1. The Morgan fingerprint density at radius 1 is 1.33 bits per heavy atom. The van der Waals surface area contributed by atoms with Gasteiger partial charge in [0.15, 0.2) is 5.82 Å². The van der Waals surface area contributed by atoms with E-state index in [2.05, 4.69) is 9.36 Å². The Kier molecular flexibility index (Phi) is 4.43. The lowest BCUT2D eigenvalue weighted by molar-refractivity contribution is 0.179. The Bertz CT molecular complexity index is 583. The summed E-state index contributed by atoms with van der Waals surface area (Å²) >= 11 is 1.31. The predicted molar refractivity (Wildman–Crippen MR) is 81.0 cm³/mol. The van der Waals surface area contributed by atoms with Crippen LogP contribution in [0.15, 0.2) is 0 Å². The quantitative estimate of drug-likeness (QED) is 0.790. The van der Waals surface area contributed by atoms with Crippen LogP contribution >= 0.6 is 11.5 Å². The maximum absolute atomic E-state index is 12.6. The van der Waals surface area contributed by atoms with Gasteiger partial charge in [0.05, 0.1) is 5.25 Å². The topological polar surface area (TPSA) is 75.6 Å². The summed E-state index contributed by atoms with van der Waals surface area (Å²) in [7, 11) is -1.55.